The lowest BCUT2D eigenvalue weighted by atomic mass is 10.2. The Balaban J connectivity index is 2.17. The summed E-state index contributed by atoms with van der Waals surface area (Å²) in [6.07, 6.45) is 1.31. The molecule has 0 saturated carbocycles. The van der Waals surface area contributed by atoms with Crippen molar-refractivity contribution in [3.63, 3.8) is 0 Å². The molecule has 1 aliphatic heterocycles. The van der Waals surface area contributed by atoms with Crippen molar-refractivity contribution in [2.45, 2.75) is 25.8 Å². The zero-order valence-corrected chi connectivity index (χ0v) is 12.6. The Kier molecular flexibility index (Phi) is 4.66. The maximum atomic E-state index is 11.4. The van der Waals surface area contributed by atoms with Gasteiger partial charge in [0.1, 0.15) is 5.75 Å². The lowest BCUT2D eigenvalue weighted by Crippen LogP contribution is -2.20. The monoisotopic (exact) mass is 314 g/mol. The van der Waals surface area contributed by atoms with Crippen LogP contribution in [0.1, 0.15) is 19.8 Å². The van der Waals surface area contributed by atoms with Crippen molar-refractivity contribution in [3.8, 4) is 5.75 Å². The second kappa shape index (κ2) is 6.30. The summed E-state index contributed by atoms with van der Waals surface area (Å²) < 4.78 is 28.3. The first-order chi connectivity index (χ1) is 9.89. The van der Waals surface area contributed by atoms with Gasteiger partial charge in [-0.3, -0.25) is 10.1 Å². The van der Waals surface area contributed by atoms with E-state index in [0.29, 0.717) is 24.5 Å². The van der Waals surface area contributed by atoms with Gasteiger partial charge < -0.3 is 10.1 Å². The Hall–Kier alpha value is -1.83. The molecule has 0 amide bonds. The molecule has 1 unspecified atom stereocenters. The minimum atomic E-state index is -2.99. The first-order valence-electron chi connectivity index (χ1n) is 6.79. The Bertz CT molecular complexity index is 629. The zero-order chi connectivity index (χ0) is 15.5. The second-order valence-electron chi connectivity index (χ2n) is 5.07. The molecule has 8 heteroatoms. The van der Waals surface area contributed by atoms with Crippen LogP contribution in [-0.4, -0.2) is 37.5 Å². The van der Waals surface area contributed by atoms with Crippen LogP contribution >= 0.6 is 0 Å². The molecule has 1 atom stereocenters. The molecule has 1 fully saturated rings. The third-order valence-electron chi connectivity index (χ3n) is 3.18. The van der Waals surface area contributed by atoms with E-state index in [-0.39, 0.29) is 23.2 Å². The Labute approximate surface area is 123 Å². The van der Waals surface area contributed by atoms with Crippen LogP contribution in [0.4, 0.5) is 11.4 Å². The SMILES string of the molecule is CCCOc1cc(NC2CCS(=O)(=O)C2)cc([N+](=O)[O-])c1. The molecule has 0 aromatic heterocycles. The minimum absolute atomic E-state index is 0.0564. The van der Waals surface area contributed by atoms with E-state index >= 15 is 0 Å². The van der Waals surface area contributed by atoms with Gasteiger partial charge in [0.25, 0.3) is 5.69 Å². The van der Waals surface area contributed by atoms with Gasteiger partial charge >= 0.3 is 0 Å². The van der Waals surface area contributed by atoms with Crippen molar-refractivity contribution in [3.05, 3.63) is 28.3 Å². The summed E-state index contributed by atoms with van der Waals surface area (Å²) in [5.74, 6) is 0.619. The fourth-order valence-corrected chi connectivity index (χ4v) is 3.89. The Morgan fingerprint density at radius 1 is 1.43 bits per heavy atom. The quantitative estimate of drug-likeness (QED) is 0.637. The van der Waals surface area contributed by atoms with Crippen LogP contribution in [-0.2, 0) is 9.84 Å². The summed E-state index contributed by atoms with van der Waals surface area (Å²) in [6.45, 7) is 2.41. The lowest BCUT2D eigenvalue weighted by Gasteiger charge is -2.13. The number of nitro benzene ring substituents is 1. The average Bonchev–Trinajstić information content (AvgIpc) is 2.75. The molecule has 0 bridgehead atoms. The number of benzene rings is 1. The molecule has 0 radical (unpaired) electrons. The predicted octanol–water partition coefficient (Wildman–Crippen LogP) is 1.98. The summed E-state index contributed by atoms with van der Waals surface area (Å²) in [6, 6.07) is 4.21. The number of hydrogen-bond donors (Lipinski definition) is 1. The molecule has 7 nitrogen and oxygen atoms in total. The van der Waals surface area contributed by atoms with E-state index in [4.69, 9.17) is 4.74 Å². The van der Waals surface area contributed by atoms with Crippen molar-refractivity contribution in [1.29, 1.82) is 0 Å². The molecule has 0 spiro atoms. The minimum Gasteiger partial charge on any atom is -0.493 e. The van der Waals surface area contributed by atoms with Crippen LogP contribution < -0.4 is 10.1 Å². The van der Waals surface area contributed by atoms with Crippen molar-refractivity contribution in [1.82, 2.24) is 0 Å². The molecule has 1 aromatic rings. The third kappa shape index (κ3) is 4.32. The predicted molar refractivity (Wildman–Crippen MR) is 79.6 cm³/mol. The van der Waals surface area contributed by atoms with E-state index in [1.807, 2.05) is 6.92 Å². The van der Waals surface area contributed by atoms with Crippen LogP contribution in [0.25, 0.3) is 0 Å². The van der Waals surface area contributed by atoms with Crippen LogP contribution in [0.2, 0.25) is 0 Å². The smallest absolute Gasteiger partial charge is 0.275 e. The highest BCUT2D eigenvalue weighted by Gasteiger charge is 2.28. The fraction of sp³-hybridized carbons (Fsp3) is 0.538. The molecule has 116 valence electrons. The van der Waals surface area contributed by atoms with Crippen molar-refractivity contribution in [2.24, 2.45) is 0 Å². The van der Waals surface area contributed by atoms with Gasteiger partial charge in [0, 0.05) is 23.9 Å². The Morgan fingerprint density at radius 2 is 2.19 bits per heavy atom. The molecular formula is C13H18N2O5S. The van der Waals surface area contributed by atoms with Crippen LogP contribution in [0.5, 0.6) is 5.75 Å². The molecule has 1 aliphatic rings. The van der Waals surface area contributed by atoms with Gasteiger partial charge in [0.05, 0.1) is 29.1 Å². The van der Waals surface area contributed by atoms with E-state index in [2.05, 4.69) is 5.32 Å². The highest BCUT2D eigenvalue weighted by atomic mass is 32.2. The van der Waals surface area contributed by atoms with Gasteiger partial charge in [-0.15, -0.1) is 0 Å². The van der Waals surface area contributed by atoms with Crippen LogP contribution in [0, 0.1) is 10.1 Å². The summed E-state index contributed by atoms with van der Waals surface area (Å²) in [5.41, 5.74) is 0.435. The molecule has 21 heavy (non-hydrogen) atoms. The highest BCUT2D eigenvalue weighted by Crippen LogP contribution is 2.28. The van der Waals surface area contributed by atoms with E-state index in [1.54, 1.807) is 6.07 Å². The van der Waals surface area contributed by atoms with E-state index in [0.717, 1.165) is 6.42 Å². The number of rotatable bonds is 6. The molecule has 1 N–H and O–H groups in total. The summed E-state index contributed by atoms with van der Waals surface area (Å²) in [4.78, 5) is 10.5. The number of anilines is 1. The van der Waals surface area contributed by atoms with E-state index in [1.165, 1.54) is 12.1 Å². The van der Waals surface area contributed by atoms with Gasteiger partial charge in [-0.1, -0.05) is 6.92 Å². The van der Waals surface area contributed by atoms with Gasteiger partial charge in [-0.2, -0.15) is 0 Å². The second-order valence-corrected chi connectivity index (χ2v) is 7.29. The lowest BCUT2D eigenvalue weighted by molar-refractivity contribution is -0.384. The van der Waals surface area contributed by atoms with Gasteiger partial charge in [-0.05, 0) is 12.8 Å². The number of sulfone groups is 1. The molecule has 1 heterocycles. The molecule has 1 saturated heterocycles. The summed E-state index contributed by atoms with van der Waals surface area (Å²) >= 11 is 0. The third-order valence-corrected chi connectivity index (χ3v) is 4.95. The first-order valence-corrected chi connectivity index (χ1v) is 8.61. The zero-order valence-electron chi connectivity index (χ0n) is 11.7. The first kappa shape index (κ1) is 15.6. The maximum Gasteiger partial charge on any atom is 0.275 e. The number of ether oxygens (including phenoxy) is 1. The Morgan fingerprint density at radius 3 is 2.76 bits per heavy atom. The van der Waals surface area contributed by atoms with Crippen molar-refractivity contribution >= 4 is 21.2 Å². The molecular weight excluding hydrogens is 296 g/mol. The highest BCUT2D eigenvalue weighted by molar-refractivity contribution is 7.91. The molecule has 0 aliphatic carbocycles. The number of nitrogens with zero attached hydrogens (tertiary/aromatic N) is 1. The molecule has 2 rings (SSSR count). The molecule has 1 aromatic carbocycles. The van der Waals surface area contributed by atoms with Gasteiger partial charge in [0.2, 0.25) is 0 Å². The van der Waals surface area contributed by atoms with Crippen molar-refractivity contribution < 1.29 is 18.1 Å². The number of nitrogens with one attached hydrogen (secondary N) is 1. The van der Waals surface area contributed by atoms with E-state index in [9.17, 15) is 18.5 Å². The maximum absolute atomic E-state index is 11.4. The van der Waals surface area contributed by atoms with E-state index < -0.39 is 14.8 Å². The van der Waals surface area contributed by atoms with Crippen LogP contribution in [0.3, 0.4) is 0 Å². The summed E-state index contributed by atoms with van der Waals surface area (Å²) in [5, 5.41) is 14.0. The average molecular weight is 314 g/mol. The van der Waals surface area contributed by atoms with Crippen LogP contribution in [0.15, 0.2) is 18.2 Å². The van der Waals surface area contributed by atoms with Gasteiger partial charge in [0.15, 0.2) is 9.84 Å². The van der Waals surface area contributed by atoms with Crippen molar-refractivity contribution in [2.75, 3.05) is 23.4 Å². The number of hydrogen-bond acceptors (Lipinski definition) is 6. The van der Waals surface area contributed by atoms with Gasteiger partial charge in [-0.25, -0.2) is 8.42 Å². The standard InChI is InChI=1S/C13H18N2O5S/c1-2-4-20-13-7-11(6-12(8-13)15(16)17)14-10-3-5-21(18,19)9-10/h6-8,10,14H,2-5,9H2,1H3. The largest absolute Gasteiger partial charge is 0.493 e. The number of nitro groups is 1. The fourth-order valence-electron chi connectivity index (χ4n) is 2.22. The summed E-state index contributed by atoms with van der Waals surface area (Å²) in [7, 11) is -2.99. The number of non-ortho nitro benzene ring substituents is 1. The normalized spacial score (nSPS) is 20.1. The topological polar surface area (TPSA) is 98.5 Å².